The van der Waals surface area contributed by atoms with Crippen LogP contribution in [0.3, 0.4) is 0 Å². The molecular weight excluding hydrogens is 374 g/mol. The molecule has 1 aromatic carbocycles. The molecule has 0 aliphatic carbocycles. The van der Waals surface area contributed by atoms with Gasteiger partial charge in [-0.1, -0.05) is 24.3 Å². The Morgan fingerprint density at radius 2 is 2.00 bits per heavy atom. The minimum atomic E-state index is -3.05. The Morgan fingerprint density at radius 1 is 1.21 bits per heavy atom. The van der Waals surface area contributed by atoms with Gasteiger partial charge in [-0.05, 0) is 45.6 Å². The average Bonchev–Trinajstić information content (AvgIpc) is 3.02. The van der Waals surface area contributed by atoms with E-state index in [0.29, 0.717) is 13.0 Å². The van der Waals surface area contributed by atoms with Gasteiger partial charge in [-0.15, -0.1) is 0 Å². The molecule has 1 aliphatic heterocycles. The Kier molecular flexibility index (Phi) is 6.46. The number of benzene rings is 1. The lowest BCUT2D eigenvalue weighted by Gasteiger charge is -2.27. The third-order valence-electron chi connectivity index (χ3n) is 5.01. The van der Waals surface area contributed by atoms with Gasteiger partial charge in [-0.3, -0.25) is 9.78 Å². The summed E-state index contributed by atoms with van der Waals surface area (Å²) in [7, 11) is 0.922. The minimum Gasteiger partial charge on any atom is -0.335 e. The summed E-state index contributed by atoms with van der Waals surface area (Å²) < 4.78 is 23.8. The maximum atomic E-state index is 12.9. The van der Waals surface area contributed by atoms with Crippen molar-refractivity contribution < 1.29 is 13.2 Å². The Morgan fingerprint density at radius 3 is 2.71 bits per heavy atom. The second-order valence-electron chi connectivity index (χ2n) is 7.50. The number of para-hydroxylation sites is 1. The van der Waals surface area contributed by atoms with Crippen LogP contribution in [0, 0.1) is 0 Å². The lowest BCUT2D eigenvalue weighted by Crippen LogP contribution is -2.41. The summed E-state index contributed by atoms with van der Waals surface area (Å²) in [5.74, 6) is 0.0741. The van der Waals surface area contributed by atoms with Crippen LogP contribution in [-0.2, 0) is 14.6 Å². The van der Waals surface area contributed by atoms with Crippen molar-refractivity contribution >= 4 is 32.7 Å². The molecule has 1 saturated heterocycles. The molecule has 0 spiro atoms. The standard InChI is InChI=1S/C21H27N3O3S/c1-23(2)13-5-14-24(19-11-15-28(26,27)16-19)20(25)10-9-18-7-3-6-17-8-4-12-22-21(17)18/h3-4,6-10,12,19H,5,11,13-16H2,1-2H3/b10-9+. The van der Waals surface area contributed by atoms with Crippen molar-refractivity contribution in [1.82, 2.24) is 14.8 Å². The van der Waals surface area contributed by atoms with E-state index >= 15 is 0 Å². The second kappa shape index (κ2) is 8.84. The molecule has 3 rings (SSSR count). The molecule has 1 aliphatic rings. The molecule has 0 saturated carbocycles. The van der Waals surface area contributed by atoms with E-state index in [2.05, 4.69) is 9.88 Å². The molecule has 0 N–H and O–H groups in total. The fraction of sp³-hybridized carbons (Fsp3) is 0.429. The lowest BCUT2D eigenvalue weighted by atomic mass is 10.1. The van der Waals surface area contributed by atoms with Crippen molar-refractivity contribution in [3.63, 3.8) is 0 Å². The summed E-state index contributed by atoms with van der Waals surface area (Å²) in [6.07, 6.45) is 6.38. The highest BCUT2D eigenvalue weighted by Gasteiger charge is 2.33. The predicted octanol–water partition coefficient (Wildman–Crippen LogP) is 2.22. The maximum absolute atomic E-state index is 12.9. The van der Waals surface area contributed by atoms with E-state index in [-0.39, 0.29) is 23.5 Å². The largest absolute Gasteiger partial charge is 0.335 e. The van der Waals surface area contributed by atoms with E-state index in [9.17, 15) is 13.2 Å². The molecule has 2 heterocycles. The molecule has 1 amide bonds. The number of carbonyl (C=O) groups is 1. The molecular formula is C21H27N3O3S. The van der Waals surface area contributed by atoms with Crippen LogP contribution < -0.4 is 0 Å². The molecule has 0 radical (unpaired) electrons. The molecule has 1 fully saturated rings. The van der Waals surface area contributed by atoms with Crippen LogP contribution in [0.4, 0.5) is 0 Å². The summed E-state index contributed by atoms with van der Waals surface area (Å²) in [5.41, 5.74) is 1.72. The molecule has 7 heteroatoms. The number of pyridine rings is 1. The predicted molar refractivity (Wildman–Crippen MR) is 113 cm³/mol. The van der Waals surface area contributed by atoms with Crippen molar-refractivity contribution in [2.24, 2.45) is 0 Å². The zero-order chi connectivity index (χ0) is 20.1. The molecule has 1 atom stereocenters. The molecule has 2 aromatic rings. The first-order valence-corrected chi connectivity index (χ1v) is 11.4. The van der Waals surface area contributed by atoms with Crippen LogP contribution >= 0.6 is 0 Å². The third-order valence-corrected chi connectivity index (χ3v) is 6.76. The number of amides is 1. The van der Waals surface area contributed by atoms with Gasteiger partial charge < -0.3 is 9.80 Å². The number of hydrogen-bond donors (Lipinski definition) is 0. The number of fused-ring (bicyclic) bond motifs is 1. The van der Waals surface area contributed by atoms with Crippen molar-refractivity contribution in [3.8, 4) is 0 Å². The van der Waals surface area contributed by atoms with Crippen molar-refractivity contribution in [2.75, 3.05) is 38.7 Å². The van der Waals surface area contributed by atoms with E-state index in [1.165, 1.54) is 0 Å². The average molecular weight is 402 g/mol. The number of rotatable bonds is 7. The summed E-state index contributed by atoms with van der Waals surface area (Å²) in [4.78, 5) is 21.1. The lowest BCUT2D eigenvalue weighted by molar-refractivity contribution is -0.127. The molecule has 28 heavy (non-hydrogen) atoms. The number of sulfone groups is 1. The van der Waals surface area contributed by atoms with E-state index in [0.717, 1.165) is 29.4 Å². The van der Waals surface area contributed by atoms with Gasteiger partial charge >= 0.3 is 0 Å². The van der Waals surface area contributed by atoms with Gasteiger partial charge in [0.05, 0.1) is 17.0 Å². The number of aromatic nitrogens is 1. The zero-order valence-corrected chi connectivity index (χ0v) is 17.2. The van der Waals surface area contributed by atoms with Crippen molar-refractivity contribution in [1.29, 1.82) is 0 Å². The van der Waals surface area contributed by atoms with Crippen molar-refractivity contribution in [3.05, 3.63) is 48.2 Å². The second-order valence-corrected chi connectivity index (χ2v) is 9.73. The minimum absolute atomic E-state index is 0.0599. The van der Waals surface area contributed by atoms with E-state index in [1.807, 2.05) is 44.4 Å². The molecule has 150 valence electrons. The van der Waals surface area contributed by atoms with E-state index in [1.54, 1.807) is 23.2 Å². The quantitative estimate of drug-likeness (QED) is 0.666. The van der Waals surface area contributed by atoms with Gasteiger partial charge in [0, 0.05) is 35.8 Å². The summed E-state index contributed by atoms with van der Waals surface area (Å²) >= 11 is 0. The Balaban J connectivity index is 1.78. The summed E-state index contributed by atoms with van der Waals surface area (Å²) in [6.45, 7) is 1.40. The van der Waals surface area contributed by atoms with Crippen LogP contribution in [0.25, 0.3) is 17.0 Å². The Labute approximate surface area is 166 Å². The van der Waals surface area contributed by atoms with Gasteiger partial charge in [-0.2, -0.15) is 0 Å². The zero-order valence-electron chi connectivity index (χ0n) is 16.4. The van der Waals surface area contributed by atoms with E-state index in [4.69, 9.17) is 0 Å². The third kappa shape index (κ3) is 5.17. The SMILES string of the molecule is CN(C)CCCN(C(=O)/C=C/c1cccc2cccnc12)C1CCS(=O)(=O)C1. The van der Waals surface area contributed by atoms with Gasteiger partial charge in [0.15, 0.2) is 9.84 Å². The molecule has 1 unspecified atom stereocenters. The Bertz CT molecular complexity index is 965. The van der Waals surface area contributed by atoms with Gasteiger partial charge in [0.2, 0.25) is 5.91 Å². The highest BCUT2D eigenvalue weighted by molar-refractivity contribution is 7.91. The maximum Gasteiger partial charge on any atom is 0.246 e. The van der Waals surface area contributed by atoms with Crippen LogP contribution in [0.15, 0.2) is 42.6 Å². The molecule has 6 nitrogen and oxygen atoms in total. The van der Waals surface area contributed by atoms with Crippen molar-refractivity contribution in [2.45, 2.75) is 18.9 Å². The number of nitrogens with zero attached hydrogens (tertiary/aromatic N) is 3. The normalized spacial score (nSPS) is 18.9. The first-order valence-electron chi connectivity index (χ1n) is 9.53. The van der Waals surface area contributed by atoms with Crippen LogP contribution in [0.2, 0.25) is 0 Å². The molecule has 0 bridgehead atoms. The fourth-order valence-corrected chi connectivity index (χ4v) is 5.30. The first kappa shape index (κ1) is 20.5. The topological polar surface area (TPSA) is 70.6 Å². The monoisotopic (exact) mass is 401 g/mol. The number of carbonyl (C=O) groups excluding carboxylic acids is 1. The summed E-state index contributed by atoms with van der Waals surface area (Å²) in [5, 5.41) is 1.02. The van der Waals surface area contributed by atoms with Gasteiger partial charge in [0.25, 0.3) is 0 Å². The number of hydrogen-bond acceptors (Lipinski definition) is 5. The highest BCUT2D eigenvalue weighted by atomic mass is 32.2. The first-order chi connectivity index (χ1) is 13.4. The van der Waals surface area contributed by atoms with E-state index < -0.39 is 9.84 Å². The van der Waals surface area contributed by atoms with Gasteiger partial charge in [-0.25, -0.2) is 8.42 Å². The summed E-state index contributed by atoms with van der Waals surface area (Å²) in [6, 6.07) is 9.47. The van der Waals surface area contributed by atoms with Crippen LogP contribution in [0.1, 0.15) is 18.4 Å². The smallest absolute Gasteiger partial charge is 0.246 e. The fourth-order valence-electron chi connectivity index (χ4n) is 3.57. The molecule has 1 aromatic heterocycles. The van der Waals surface area contributed by atoms with Gasteiger partial charge in [0.1, 0.15) is 0 Å². The van der Waals surface area contributed by atoms with Crippen LogP contribution in [-0.4, -0.2) is 73.8 Å². The Hall–Kier alpha value is -2.25. The highest BCUT2D eigenvalue weighted by Crippen LogP contribution is 2.20. The van der Waals surface area contributed by atoms with Crippen LogP contribution in [0.5, 0.6) is 0 Å².